The van der Waals surface area contributed by atoms with Gasteiger partial charge in [-0.15, -0.1) is 0 Å². The molecule has 0 radical (unpaired) electrons. The maximum Gasteiger partial charge on any atom is 0.154 e. The van der Waals surface area contributed by atoms with E-state index in [9.17, 15) is 0 Å². The first-order valence-electron chi connectivity index (χ1n) is 4.56. The van der Waals surface area contributed by atoms with Gasteiger partial charge in [0.15, 0.2) is 6.23 Å². The fraction of sp³-hybridized carbons (Fsp3) is 0.364. The van der Waals surface area contributed by atoms with Crippen molar-refractivity contribution in [3.8, 4) is 6.07 Å². The number of hydrogen-bond donors (Lipinski definition) is 0. The predicted molar refractivity (Wildman–Crippen MR) is 52.8 cm³/mol. The van der Waals surface area contributed by atoms with E-state index in [-0.39, 0.29) is 11.8 Å². The molecule has 2 heterocycles. The van der Waals surface area contributed by atoms with Crippen molar-refractivity contribution in [1.82, 2.24) is 4.90 Å². The number of nitrogens with zero attached hydrogens (tertiary/aromatic N) is 2. The summed E-state index contributed by atoms with van der Waals surface area (Å²) in [5, 5.41) is 8.70. The van der Waals surface area contributed by atoms with E-state index in [0.29, 0.717) is 0 Å². The number of hydrogen-bond acceptors (Lipinski definition) is 3. The molecule has 1 unspecified atom stereocenters. The smallest absolute Gasteiger partial charge is 0.154 e. The molecule has 0 spiro atoms. The van der Waals surface area contributed by atoms with Crippen molar-refractivity contribution in [2.75, 3.05) is 0 Å². The third-order valence-corrected chi connectivity index (χ3v) is 2.42. The Morgan fingerprint density at radius 1 is 1.57 bits per heavy atom. The van der Waals surface area contributed by atoms with E-state index < -0.39 is 0 Å². The quantitative estimate of drug-likeness (QED) is 0.545. The molecule has 0 N–H and O–H groups in total. The second kappa shape index (κ2) is 3.00. The molecular formula is C11H12N2O. The maximum absolute atomic E-state index is 8.70. The first-order chi connectivity index (χ1) is 6.65. The summed E-state index contributed by atoms with van der Waals surface area (Å²) in [6.45, 7) is 3.94. The van der Waals surface area contributed by atoms with Crippen molar-refractivity contribution in [2.45, 2.75) is 25.7 Å². The van der Waals surface area contributed by atoms with E-state index in [1.165, 1.54) is 0 Å². The molecule has 2 aliphatic rings. The Kier molecular flexibility index (Phi) is 1.94. The molecular weight excluding hydrogens is 176 g/mol. The lowest BCUT2D eigenvalue weighted by atomic mass is 10.1. The van der Waals surface area contributed by atoms with Crippen molar-refractivity contribution in [3.05, 3.63) is 36.2 Å². The lowest BCUT2D eigenvalue weighted by molar-refractivity contribution is -0.00239. The van der Waals surface area contributed by atoms with Crippen molar-refractivity contribution < 1.29 is 4.74 Å². The van der Waals surface area contributed by atoms with E-state index in [4.69, 9.17) is 10.00 Å². The topological polar surface area (TPSA) is 36.3 Å². The molecule has 0 aromatic heterocycles. The van der Waals surface area contributed by atoms with Gasteiger partial charge in [-0.05, 0) is 26.0 Å². The lowest BCUT2D eigenvalue weighted by Crippen LogP contribution is -2.23. The molecule has 2 rings (SSSR count). The first-order valence-corrected chi connectivity index (χ1v) is 4.56. The van der Waals surface area contributed by atoms with Gasteiger partial charge in [-0.25, -0.2) is 0 Å². The summed E-state index contributed by atoms with van der Waals surface area (Å²) in [5.41, 5.74) is 0.518. The van der Waals surface area contributed by atoms with Crippen LogP contribution in [0.15, 0.2) is 36.2 Å². The minimum absolute atomic E-state index is 0.0606. The van der Waals surface area contributed by atoms with Crippen LogP contribution in [-0.2, 0) is 4.74 Å². The average Bonchev–Trinajstić information content (AvgIpc) is 2.39. The monoisotopic (exact) mass is 188 g/mol. The van der Waals surface area contributed by atoms with Gasteiger partial charge < -0.3 is 9.64 Å². The molecule has 1 atom stereocenters. The van der Waals surface area contributed by atoms with Gasteiger partial charge in [0.05, 0.1) is 11.8 Å². The van der Waals surface area contributed by atoms with Gasteiger partial charge in [-0.2, -0.15) is 5.26 Å². The Morgan fingerprint density at radius 2 is 2.36 bits per heavy atom. The van der Waals surface area contributed by atoms with Crippen LogP contribution < -0.4 is 0 Å². The van der Waals surface area contributed by atoms with E-state index in [2.05, 4.69) is 6.07 Å². The van der Waals surface area contributed by atoms with Crippen LogP contribution in [0.3, 0.4) is 0 Å². The largest absolute Gasteiger partial charge is 0.342 e. The third kappa shape index (κ3) is 1.24. The van der Waals surface area contributed by atoms with Crippen LogP contribution in [0.1, 0.15) is 13.8 Å². The fourth-order valence-electron chi connectivity index (χ4n) is 1.78. The van der Waals surface area contributed by atoms with Crippen LogP contribution in [0.2, 0.25) is 0 Å². The Bertz CT molecular complexity index is 371. The minimum Gasteiger partial charge on any atom is -0.342 e. The van der Waals surface area contributed by atoms with Crippen LogP contribution >= 0.6 is 0 Å². The summed E-state index contributed by atoms with van der Waals surface area (Å²) >= 11 is 0. The molecule has 72 valence electrons. The van der Waals surface area contributed by atoms with Crippen molar-refractivity contribution >= 4 is 0 Å². The molecule has 14 heavy (non-hydrogen) atoms. The van der Waals surface area contributed by atoms with Gasteiger partial charge in [-0.3, -0.25) is 0 Å². The molecule has 1 saturated heterocycles. The summed E-state index contributed by atoms with van der Waals surface area (Å²) in [6, 6.07) is 2.06. The van der Waals surface area contributed by atoms with Crippen LogP contribution in [-0.4, -0.2) is 16.7 Å². The van der Waals surface area contributed by atoms with Gasteiger partial charge in [-0.1, -0.05) is 6.08 Å². The summed E-state index contributed by atoms with van der Waals surface area (Å²) in [7, 11) is 0. The van der Waals surface area contributed by atoms with Gasteiger partial charge in [0.2, 0.25) is 0 Å². The third-order valence-electron chi connectivity index (χ3n) is 2.42. The molecule has 0 aliphatic carbocycles. The van der Waals surface area contributed by atoms with Crippen molar-refractivity contribution in [3.63, 3.8) is 0 Å². The van der Waals surface area contributed by atoms with E-state index in [1.54, 1.807) is 6.08 Å². The summed E-state index contributed by atoms with van der Waals surface area (Å²) < 4.78 is 5.79. The highest BCUT2D eigenvalue weighted by atomic mass is 16.5. The molecule has 2 aliphatic heterocycles. The fourth-order valence-corrected chi connectivity index (χ4v) is 1.78. The summed E-state index contributed by atoms with van der Waals surface area (Å²) in [5.74, 6) is 0. The van der Waals surface area contributed by atoms with Crippen LogP contribution in [0.25, 0.3) is 0 Å². The summed E-state index contributed by atoms with van der Waals surface area (Å²) in [6.07, 6.45) is 9.28. The highest BCUT2D eigenvalue weighted by molar-refractivity contribution is 5.30. The lowest BCUT2D eigenvalue weighted by Gasteiger charge is -2.21. The molecule has 1 fully saturated rings. The predicted octanol–water partition coefficient (Wildman–Crippen LogP) is 1.91. The van der Waals surface area contributed by atoms with Crippen molar-refractivity contribution in [1.29, 1.82) is 5.26 Å². The molecule has 0 amide bonds. The van der Waals surface area contributed by atoms with Gasteiger partial charge >= 0.3 is 0 Å². The number of allylic oxidation sites excluding steroid dienone is 3. The maximum atomic E-state index is 8.70. The number of ether oxygens (including phenoxy) is 1. The molecule has 0 bridgehead atoms. The zero-order valence-corrected chi connectivity index (χ0v) is 8.27. The van der Waals surface area contributed by atoms with Crippen LogP contribution in [0.4, 0.5) is 0 Å². The van der Waals surface area contributed by atoms with Gasteiger partial charge in [0.1, 0.15) is 5.60 Å². The van der Waals surface area contributed by atoms with E-state index >= 15 is 0 Å². The number of fused-ring (bicyclic) bond motifs is 1. The zero-order chi connectivity index (χ0) is 10.2. The molecule has 0 aromatic carbocycles. The molecule has 3 heteroatoms. The highest BCUT2D eigenvalue weighted by Crippen LogP contribution is 2.37. The Balaban J connectivity index is 2.40. The van der Waals surface area contributed by atoms with Crippen molar-refractivity contribution in [2.24, 2.45) is 0 Å². The SMILES string of the molecule is CC1(C)OC2C=CC=CN2/C1=C\C#N. The Hall–Kier alpha value is -1.53. The summed E-state index contributed by atoms with van der Waals surface area (Å²) in [4.78, 5) is 1.98. The Morgan fingerprint density at radius 3 is 3.07 bits per heavy atom. The standard InChI is InChI=1S/C11H12N2O/c1-11(2)9(6-7-12)13-8-4-3-5-10(13)14-11/h3-6,8,10H,1-2H3/b9-6-. The number of rotatable bonds is 0. The Labute approximate surface area is 83.6 Å². The van der Waals surface area contributed by atoms with Gasteiger partial charge in [0.25, 0.3) is 0 Å². The normalized spacial score (nSPS) is 30.5. The average molecular weight is 188 g/mol. The van der Waals surface area contributed by atoms with Gasteiger partial charge in [0, 0.05) is 12.3 Å². The second-order valence-electron chi connectivity index (χ2n) is 3.81. The molecule has 0 aromatic rings. The van der Waals surface area contributed by atoms with Crippen LogP contribution in [0, 0.1) is 11.3 Å². The van der Waals surface area contributed by atoms with E-state index in [0.717, 1.165) is 5.70 Å². The molecule has 0 saturated carbocycles. The highest BCUT2D eigenvalue weighted by Gasteiger charge is 2.41. The zero-order valence-electron chi connectivity index (χ0n) is 8.27. The first kappa shape index (κ1) is 9.04. The number of nitriles is 1. The van der Waals surface area contributed by atoms with Crippen LogP contribution in [0.5, 0.6) is 0 Å². The minimum atomic E-state index is -0.389. The molecule has 3 nitrogen and oxygen atoms in total. The van der Waals surface area contributed by atoms with E-state index in [1.807, 2.05) is 43.2 Å². The second-order valence-corrected chi connectivity index (χ2v) is 3.81.